The molecule has 0 aromatic heterocycles. The van der Waals surface area contributed by atoms with E-state index in [1.54, 1.807) is 33.4 Å². The normalized spacial score (nSPS) is 18.8. The molecule has 0 spiro atoms. The van der Waals surface area contributed by atoms with Crippen molar-refractivity contribution in [3.63, 3.8) is 0 Å². The van der Waals surface area contributed by atoms with Gasteiger partial charge in [-0.15, -0.1) is 0 Å². The maximum Gasteiger partial charge on any atom is -0.0128 e. The number of hydrogen-bond acceptors (Lipinski definition) is 0. The van der Waals surface area contributed by atoms with Crippen LogP contribution in [0, 0.1) is 123 Å². The molecule has 7 fully saturated rings. The molecule has 0 saturated heterocycles. The van der Waals surface area contributed by atoms with Gasteiger partial charge in [0.1, 0.15) is 0 Å². The van der Waals surface area contributed by atoms with Gasteiger partial charge < -0.3 is 0 Å². The van der Waals surface area contributed by atoms with E-state index in [-0.39, 0.29) is 5.41 Å². The van der Waals surface area contributed by atoms with Crippen molar-refractivity contribution in [1.29, 1.82) is 0 Å². The fourth-order valence-electron chi connectivity index (χ4n) is 17.7. The van der Waals surface area contributed by atoms with E-state index in [9.17, 15) is 0 Å². The second kappa shape index (κ2) is 40.6. The molecule has 0 radical (unpaired) electrons. The van der Waals surface area contributed by atoms with E-state index in [1.165, 1.54) is 261 Å². The third kappa shape index (κ3) is 25.2. The van der Waals surface area contributed by atoms with E-state index in [1.807, 2.05) is 0 Å². The molecule has 0 N–H and O–H groups in total. The fourth-order valence-corrected chi connectivity index (χ4v) is 17.7. The smallest absolute Gasteiger partial charge is 0.0128 e. The summed E-state index contributed by atoms with van der Waals surface area (Å²) < 4.78 is 0. The first-order chi connectivity index (χ1) is 49.6. The van der Waals surface area contributed by atoms with Gasteiger partial charge in [0.15, 0.2) is 0 Å². The van der Waals surface area contributed by atoms with Crippen LogP contribution in [0.3, 0.4) is 0 Å². The Morgan fingerprint density at radius 3 is 0.894 bits per heavy atom. The molecular weight excluding hydrogens is 1250 g/mol. The molecule has 0 heteroatoms. The van der Waals surface area contributed by atoms with Gasteiger partial charge in [-0.25, -0.2) is 0 Å². The summed E-state index contributed by atoms with van der Waals surface area (Å²) in [7, 11) is 0. The Labute approximate surface area is 639 Å². The van der Waals surface area contributed by atoms with Crippen molar-refractivity contribution in [2.45, 2.75) is 353 Å². The summed E-state index contributed by atoms with van der Waals surface area (Å²) in [6, 6.07) is 55.0. The molecule has 562 valence electrons. The van der Waals surface area contributed by atoms with E-state index in [0.717, 1.165) is 47.3 Å². The summed E-state index contributed by atoms with van der Waals surface area (Å²) in [5.74, 6) is 7.91. The molecule has 0 aliphatic heterocycles. The van der Waals surface area contributed by atoms with Crippen LogP contribution in [0.25, 0.3) is 0 Å². The fraction of sp³-hybridized carbons (Fsp3) is 0.538. The number of hydrogen-bond donors (Lipinski definition) is 0. The van der Waals surface area contributed by atoms with Gasteiger partial charge in [0, 0.05) is 0 Å². The van der Waals surface area contributed by atoms with Gasteiger partial charge in [0.2, 0.25) is 0 Å². The molecule has 0 nitrogen and oxygen atoms in total. The zero-order valence-corrected chi connectivity index (χ0v) is 70.2. The third-order valence-electron chi connectivity index (χ3n) is 25.9. The van der Waals surface area contributed by atoms with Crippen molar-refractivity contribution >= 4 is 0 Å². The zero-order chi connectivity index (χ0) is 75.2. The summed E-state index contributed by atoms with van der Waals surface area (Å²) >= 11 is 0. The van der Waals surface area contributed by atoms with Crippen LogP contribution in [0.5, 0.6) is 0 Å². The van der Waals surface area contributed by atoms with E-state index in [4.69, 9.17) is 0 Å². The average Bonchev–Trinajstić information content (AvgIpc) is 1.64. The van der Waals surface area contributed by atoms with Crippen molar-refractivity contribution in [3.05, 3.63) is 279 Å². The van der Waals surface area contributed by atoms with Crippen LogP contribution in [0.4, 0.5) is 0 Å². The average molecular weight is 1400 g/mol. The van der Waals surface area contributed by atoms with Gasteiger partial charge in [-0.2, -0.15) is 0 Å². The first kappa shape index (κ1) is 83.4. The Kier molecular flexibility index (Phi) is 32.6. The van der Waals surface area contributed by atoms with Crippen LogP contribution >= 0.6 is 0 Å². The van der Waals surface area contributed by atoms with Crippen molar-refractivity contribution in [1.82, 2.24) is 0 Å². The number of rotatable bonds is 7. The van der Waals surface area contributed by atoms with Crippen LogP contribution < -0.4 is 0 Å². The summed E-state index contributed by atoms with van der Waals surface area (Å²) in [5, 5.41) is 0. The minimum atomic E-state index is 0.276. The van der Waals surface area contributed by atoms with Gasteiger partial charge in [0.05, 0.1) is 0 Å². The molecule has 7 saturated carbocycles. The Hall–Kier alpha value is -6.24. The maximum absolute atomic E-state index is 2.43. The van der Waals surface area contributed by atoms with Gasteiger partial charge >= 0.3 is 0 Å². The molecule has 0 amide bonds. The predicted molar refractivity (Wildman–Crippen MR) is 459 cm³/mol. The molecule has 2 bridgehead atoms. The molecule has 8 aromatic carbocycles. The third-order valence-corrected chi connectivity index (χ3v) is 25.9. The first-order valence-corrected chi connectivity index (χ1v) is 42.2. The van der Waals surface area contributed by atoms with Crippen LogP contribution in [-0.4, -0.2) is 0 Å². The molecule has 0 heterocycles. The lowest BCUT2D eigenvalue weighted by Crippen LogP contribution is -2.11. The predicted octanol–water partition coefficient (Wildman–Crippen LogP) is 31.4. The largest absolute Gasteiger partial charge is 0.0590 e. The van der Waals surface area contributed by atoms with Crippen LogP contribution in [0.2, 0.25) is 0 Å². The number of aryl methyl sites for hydroxylation is 16. The summed E-state index contributed by atoms with van der Waals surface area (Å²) in [4.78, 5) is 0. The van der Waals surface area contributed by atoms with Crippen LogP contribution in [-0.2, 0) is 5.41 Å². The van der Waals surface area contributed by atoms with Crippen molar-refractivity contribution in [2.75, 3.05) is 0 Å². The van der Waals surface area contributed by atoms with Crippen molar-refractivity contribution < 1.29 is 0 Å². The van der Waals surface area contributed by atoms with Crippen LogP contribution in [0.1, 0.15) is 370 Å². The first-order valence-electron chi connectivity index (χ1n) is 42.2. The highest BCUT2D eigenvalue weighted by Crippen LogP contribution is 2.53. The molecule has 15 rings (SSSR count). The second-order valence-corrected chi connectivity index (χ2v) is 35.7. The zero-order valence-electron chi connectivity index (χ0n) is 70.2. The SMILES string of the molecule is Cc1ccc(C(C)(C)C)cc1C.Cc1ccc(C(C)C)cc1C.Cc1ccc(C)c(C2CC3CCC2C3)c1.Cc1ccc(C)c(C2CCCC2)c1.Cc1ccc(C)c(C2CCCCC2)c1.Cc1ccc(C2CCC2)cc1C.Cc1ccc(C2CCCC2)cc1C.Cc1ccc(C2CCCCC2)cc1C. The summed E-state index contributed by atoms with van der Waals surface area (Å²) in [5.41, 5.74) is 35.6. The highest BCUT2D eigenvalue weighted by Gasteiger charge is 2.40. The Balaban J connectivity index is 0.000000151. The van der Waals surface area contributed by atoms with E-state index in [2.05, 4.69) is 291 Å². The van der Waals surface area contributed by atoms with E-state index < -0.39 is 0 Å². The Morgan fingerprint density at radius 1 is 0.260 bits per heavy atom. The van der Waals surface area contributed by atoms with Crippen molar-refractivity contribution in [2.24, 2.45) is 11.8 Å². The standard InChI is InChI=1S/C15H20.2C14H20.2C13H18.C12H16.C12H18.C11H16/c1-10-3-4-11(2)14(7-10)15-9-12-5-6-13(15)8-12;1-11-8-9-14(10-12(11)2)13-6-4-3-5-7-13;1-11-8-9-12(2)14(10-11)13-6-4-3-5-7-13;1-10-7-8-13(9-11(10)2)12-5-3-4-6-12;1-10-7-8-11(2)13(9-10)12-5-3-4-6-12;1-9-6-7-12(8-10(9)2)11-4-3-5-11;1-9-6-7-11(8-10(9)2)12(3,4)5;1-8(2)11-6-5-9(3)10(4)7-11/h3-4,7,12-13,15H,5-6,8-9H2,1-2H3;2*8-10,13H,3-7H2,1-2H3;2*7-9,12H,3-6H2,1-2H3;6-8,11H,3-5H2,1-2H3;6-8H,1-5H3;5-8H,1-4H3. The minimum absolute atomic E-state index is 0.276. The quantitative estimate of drug-likeness (QED) is 0.149. The molecule has 7 aliphatic carbocycles. The highest BCUT2D eigenvalue weighted by atomic mass is 14.5. The van der Waals surface area contributed by atoms with Gasteiger partial charge in [-0.05, 0) is 370 Å². The van der Waals surface area contributed by atoms with Crippen molar-refractivity contribution in [3.8, 4) is 0 Å². The molecule has 3 atom stereocenters. The number of fused-ring (bicyclic) bond motifs is 2. The van der Waals surface area contributed by atoms with Crippen LogP contribution in [0.15, 0.2) is 146 Å². The second-order valence-electron chi connectivity index (χ2n) is 35.7. The minimum Gasteiger partial charge on any atom is -0.0590 e. The van der Waals surface area contributed by atoms with Gasteiger partial charge in [-0.3, -0.25) is 0 Å². The Bertz CT molecular complexity index is 3910. The van der Waals surface area contributed by atoms with E-state index in [0.29, 0.717) is 5.92 Å². The molecular formula is C104H146. The van der Waals surface area contributed by atoms with Gasteiger partial charge in [0.25, 0.3) is 0 Å². The molecule has 3 unspecified atom stereocenters. The molecule has 104 heavy (non-hydrogen) atoms. The summed E-state index contributed by atoms with van der Waals surface area (Å²) in [6.45, 7) is 46.4. The van der Waals surface area contributed by atoms with E-state index >= 15 is 0 Å². The summed E-state index contributed by atoms with van der Waals surface area (Å²) in [6.07, 6.45) is 35.8. The topological polar surface area (TPSA) is 0 Å². The molecule has 8 aromatic rings. The lowest BCUT2D eigenvalue weighted by Gasteiger charge is -2.26. The molecule has 7 aliphatic rings. The number of benzene rings is 8. The lowest BCUT2D eigenvalue weighted by molar-refractivity contribution is 0.418. The lowest BCUT2D eigenvalue weighted by atomic mass is 9.79. The Morgan fingerprint density at radius 2 is 0.577 bits per heavy atom. The van der Waals surface area contributed by atoms with Gasteiger partial charge in [-0.1, -0.05) is 274 Å². The monoisotopic (exact) mass is 1400 g/mol. The maximum atomic E-state index is 2.43. The highest BCUT2D eigenvalue weighted by molar-refractivity contribution is 5.40.